The Morgan fingerprint density at radius 3 is 2.10 bits per heavy atom. The van der Waals surface area contributed by atoms with Crippen molar-refractivity contribution in [1.82, 2.24) is 0 Å². The second-order valence-electron chi connectivity index (χ2n) is 4.39. The fraction of sp³-hybridized carbons (Fsp3) is 0.188. The van der Waals surface area contributed by atoms with Gasteiger partial charge in [0.25, 0.3) is 0 Å². The Morgan fingerprint density at radius 1 is 0.950 bits per heavy atom. The van der Waals surface area contributed by atoms with Crippen LogP contribution in [-0.4, -0.2) is 22.3 Å². The molecule has 2 rings (SSSR count). The van der Waals surface area contributed by atoms with Crippen molar-refractivity contribution in [1.29, 1.82) is 0 Å². The van der Waals surface area contributed by atoms with E-state index < -0.39 is 18.2 Å². The smallest absolute Gasteiger partial charge is 0.338 e. The first-order valence-electron chi connectivity index (χ1n) is 6.30. The minimum atomic E-state index is -1.60. The molecular weight excluding hydrogens is 256 g/mol. The van der Waals surface area contributed by atoms with Crippen molar-refractivity contribution in [3.8, 4) is 0 Å². The summed E-state index contributed by atoms with van der Waals surface area (Å²) in [5.41, 5.74) is 1.29. The quantitative estimate of drug-likeness (QED) is 0.815. The molecule has 104 valence electrons. The van der Waals surface area contributed by atoms with E-state index in [1.807, 2.05) is 30.3 Å². The lowest BCUT2D eigenvalue weighted by Crippen LogP contribution is -2.29. The van der Waals surface area contributed by atoms with Crippen LogP contribution in [0.25, 0.3) is 0 Å². The van der Waals surface area contributed by atoms with Crippen molar-refractivity contribution in [3.05, 3.63) is 71.8 Å². The molecule has 0 saturated carbocycles. The van der Waals surface area contributed by atoms with Gasteiger partial charge in [0, 0.05) is 0 Å². The van der Waals surface area contributed by atoms with Gasteiger partial charge in [-0.15, -0.1) is 0 Å². The molecule has 2 aromatic carbocycles. The molecule has 0 amide bonds. The highest BCUT2D eigenvalue weighted by Gasteiger charge is 2.26. The number of rotatable bonds is 5. The highest BCUT2D eigenvalue weighted by molar-refractivity contribution is 5.75. The molecule has 0 spiro atoms. The Bertz CT molecular complexity index is 539. The van der Waals surface area contributed by atoms with Crippen LogP contribution in [0.2, 0.25) is 0 Å². The molecule has 0 saturated heterocycles. The molecule has 4 heteroatoms. The maximum absolute atomic E-state index is 11.7. The number of carbonyl (C=O) groups is 1. The van der Waals surface area contributed by atoms with Gasteiger partial charge in [-0.3, -0.25) is 0 Å². The van der Waals surface area contributed by atoms with Gasteiger partial charge in [-0.2, -0.15) is 0 Å². The number of aliphatic hydroxyl groups excluding tert-OH is 2. The van der Waals surface area contributed by atoms with E-state index in [0.717, 1.165) is 5.56 Å². The van der Waals surface area contributed by atoms with Gasteiger partial charge in [0.1, 0.15) is 12.7 Å². The van der Waals surface area contributed by atoms with E-state index in [0.29, 0.717) is 5.56 Å². The predicted molar refractivity (Wildman–Crippen MR) is 73.6 cm³/mol. The maximum Gasteiger partial charge on any atom is 0.338 e. The summed E-state index contributed by atoms with van der Waals surface area (Å²) in [5.74, 6) is -0.842. The fourth-order valence-electron chi connectivity index (χ4n) is 1.78. The monoisotopic (exact) mass is 272 g/mol. The first-order chi connectivity index (χ1) is 9.68. The van der Waals surface area contributed by atoms with Gasteiger partial charge in [0.05, 0.1) is 0 Å². The van der Waals surface area contributed by atoms with Gasteiger partial charge >= 0.3 is 5.97 Å². The van der Waals surface area contributed by atoms with Crippen LogP contribution in [-0.2, 0) is 16.1 Å². The lowest BCUT2D eigenvalue weighted by molar-refractivity contribution is -0.161. The summed E-state index contributed by atoms with van der Waals surface area (Å²) in [6.07, 6.45) is -2.89. The van der Waals surface area contributed by atoms with Crippen molar-refractivity contribution in [3.63, 3.8) is 0 Å². The predicted octanol–water partition coefficient (Wildman–Crippen LogP) is 1.82. The standard InChI is InChI=1S/C16H16O4/c17-14(13-9-5-2-6-10-13)15(18)16(19)20-11-12-7-3-1-4-8-12/h1-10,14-15,17-18H,11H2. The van der Waals surface area contributed by atoms with Gasteiger partial charge in [0.15, 0.2) is 6.10 Å². The zero-order valence-corrected chi connectivity index (χ0v) is 10.8. The summed E-state index contributed by atoms with van der Waals surface area (Å²) in [6.45, 7) is 0.0677. The highest BCUT2D eigenvalue weighted by Crippen LogP contribution is 2.17. The van der Waals surface area contributed by atoms with E-state index in [2.05, 4.69) is 0 Å². The largest absolute Gasteiger partial charge is 0.459 e. The summed E-state index contributed by atoms with van der Waals surface area (Å²) in [4.78, 5) is 11.7. The first-order valence-corrected chi connectivity index (χ1v) is 6.30. The van der Waals surface area contributed by atoms with Crippen LogP contribution >= 0.6 is 0 Å². The summed E-state index contributed by atoms with van der Waals surface area (Å²) < 4.78 is 4.98. The van der Waals surface area contributed by atoms with E-state index in [4.69, 9.17) is 4.74 Å². The molecule has 2 unspecified atom stereocenters. The third kappa shape index (κ3) is 3.66. The average molecular weight is 272 g/mol. The molecule has 0 heterocycles. The van der Waals surface area contributed by atoms with Gasteiger partial charge < -0.3 is 14.9 Å². The first kappa shape index (κ1) is 14.2. The van der Waals surface area contributed by atoms with Crippen LogP contribution in [0.5, 0.6) is 0 Å². The van der Waals surface area contributed by atoms with Crippen LogP contribution in [0.3, 0.4) is 0 Å². The Hall–Kier alpha value is -2.17. The van der Waals surface area contributed by atoms with Gasteiger partial charge in [-0.1, -0.05) is 60.7 Å². The van der Waals surface area contributed by atoms with Gasteiger partial charge in [-0.05, 0) is 11.1 Å². The number of aliphatic hydroxyl groups is 2. The van der Waals surface area contributed by atoms with Crippen molar-refractivity contribution >= 4 is 5.97 Å². The van der Waals surface area contributed by atoms with E-state index in [1.54, 1.807) is 30.3 Å². The Balaban J connectivity index is 1.92. The average Bonchev–Trinajstić information content (AvgIpc) is 2.53. The number of hydrogen-bond donors (Lipinski definition) is 2. The number of carbonyl (C=O) groups excluding carboxylic acids is 1. The number of benzene rings is 2. The summed E-state index contributed by atoms with van der Waals surface area (Å²) in [5, 5.41) is 19.7. The van der Waals surface area contributed by atoms with Crippen molar-refractivity contribution in [2.45, 2.75) is 18.8 Å². The normalized spacial score (nSPS) is 13.5. The Kier molecular flexibility index (Phi) is 4.87. The minimum Gasteiger partial charge on any atom is -0.459 e. The van der Waals surface area contributed by atoms with E-state index in [-0.39, 0.29) is 6.61 Å². The molecule has 20 heavy (non-hydrogen) atoms. The molecular formula is C16H16O4. The third-order valence-electron chi connectivity index (χ3n) is 2.91. The number of hydrogen-bond acceptors (Lipinski definition) is 4. The topological polar surface area (TPSA) is 66.8 Å². The maximum atomic E-state index is 11.7. The minimum absolute atomic E-state index is 0.0677. The summed E-state index contributed by atoms with van der Waals surface area (Å²) in [6, 6.07) is 17.7. The van der Waals surface area contributed by atoms with Crippen LogP contribution in [0.15, 0.2) is 60.7 Å². The van der Waals surface area contributed by atoms with Gasteiger partial charge in [0.2, 0.25) is 0 Å². The highest BCUT2D eigenvalue weighted by atomic mass is 16.5. The van der Waals surface area contributed by atoms with Crippen LogP contribution in [0.1, 0.15) is 17.2 Å². The SMILES string of the molecule is O=C(OCc1ccccc1)C(O)C(O)c1ccccc1. The third-order valence-corrected chi connectivity index (χ3v) is 2.91. The molecule has 0 fully saturated rings. The van der Waals surface area contributed by atoms with Crippen LogP contribution in [0, 0.1) is 0 Å². The second-order valence-corrected chi connectivity index (χ2v) is 4.39. The fourth-order valence-corrected chi connectivity index (χ4v) is 1.78. The van der Waals surface area contributed by atoms with Crippen LogP contribution in [0.4, 0.5) is 0 Å². The molecule has 0 aliphatic rings. The molecule has 2 atom stereocenters. The van der Waals surface area contributed by atoms with Crippen molar-refractivity contribution < 1.29 is 19.7 Å². The summed E-state index contributed by atoms with van der Waals surface area (Å²) in [7, 11) is 0. The molecule has 4 nitrogen and oxygen atoms in total. The van der Waals surface area contributed by atoms with Crippen molar-refractivity contribution in [2.24, 2.45) is 0 Å². The molecule has 2 N–H and O–H groups in total. The molecule has 0 aromatic heterocycles. The molecule has 0 radical (unpaired) electrons. The lowest BCUT2D eigenvalue weighted by Gasteiger charge is -2.17. The van der Waals surface area contributed by atoms with Gasteiger partial charge in [-0.25, -0.2) is 4.79 Å². The van der Waals surface area contributed by atoms with E-state index in [1.165, 1.54) is 0 Å². The number of esters is 1. The van der Waals surface area contributed by atoms with E-state index in [9.17, 15) is 15.0 Å². The lowest BCUT2D eigenvalue weighted by atomic mass is 10.0. The zero-order chi connectivity index (χ0) is 14.4. The molecule has 2 aromatic rings. The second kappa shape index (κ2) is 6.84. The summed E-state index contributed by atoms with van der Waals surface area (Å²) >= 11 is 0. The molecule has 0 bridgehead atoms. The van der Waals surface area contributed by atoms with Crippen LogP contribution < -0.4 is 0 Å². The van der Waals surface area contributed by atoms with E-state index >= 15 is 0 Å². The molecule has 0 aliphatic heterocycles. The number of ether oxygens (including phenoxy) is 1. The zero-order valence-electron chi connectivity index (χ0n) is 10.8. The van der Waals surface area contributed by atoms with Crippen molar-refractivity contribution in [2.75, 3.05) is 0 Å². The molecule has 0 aliphatic carbocycles. The Morgan fingerprint density at radius 2 is 1.50 bits per heavy atom. The Labute approximate surface area is 117 Å².